The number of benzene rings is 1. The molecule has 1 amide bonds. The van der Waals surface area contributed by atoms with Crippen LogP contribution in [0.3, 0.4) is 0 Å². The normalized spacial score (nSPS) is 17.1. The van der Waals surface area contributed by atoms with Gasteiger partial charge in [-0.1, -0.05) is 48.3 Å². The number of hydrogen-bond acceptors (Lipinski definition) is 6. The molecular weight excluding hydrogens is 342 g/mol. The minimum absolute atomic E-state index is 0.166. The summed E-state index contributed by atoms with van der Waals surface area (Å²) in [5.74, 6) is -0.0666. The first kappa shape index (κ1) is 16.7. The number of thiocarbonyl (C=S) groups is 1. The zero-order chi connectivity index (χ0) is 16.3. The predicted octanol–water partition coefficient (Wildman–Crippen LogP) is 2.41. The fourth-order valence-corrected chi connectivity index (χ4v) is 3.51. The van der Waals surface area contributed by atoms with Crippen molar-refractivity contribution in [2.45, 2.75) is 0 Å². The van der Waals surface area contributed by atoms with E-state index in [1.54, 1.807) is 30.4 Å². The minimum atomic E-state index is -3.65. The highest BCUT2D eigenvalue weighted by molar-refractivity contribution is 8.26. The monoisotopic (exact) mass is 355 g/mol. The molecule has 0 unspecified atom stereocenters. The van der Waals surface area contributed by atoms with Crippen LogP contribution in [0.4, 0.5) is 0 Å². The maximum atomic E-state index is 12.2. The van der Waals surface area contributed by atoms with Crippen molar-refractivity contribution in [2.24, 2.45) is 0 Å². The van der Waals surface area contributed by atoms with Gasteiger partial charge in [0.1, 0.15) is 10.1 Å². The quantitative estimate of drug-likeness (QED) is 0.350. The molecule has 2 rings (SSSR count). The molecule has 0 saturated carbocycles. The Morgan fingerprint density at radius 3 is 2.73 bits per heavy atom. The van der Waals surface area contributed by atoms with Gasteiger partial charge in [0, 0.05) is 12.1 Å². The molecule has 1 saturated heterocycles. The van der Waals surface area contributed by atoms with E-state index in [0.717, 1.165) is 18.0 Å². The number of rotatable bonds is 5. The molecule has 1 aliphatic heterocycles. The summed E-state index contributed by atoms with van der Waals surface area (Å²) in [6.45, 7) is 3.92. The van der Waals surface area contributed by atoms with E-state index in [0.29, 0.717) is 21.3 Å². The lowest BCUT2D eigenvalue weighted by molar-refractivity contribution is -0.121. The van der Waals surface area contributed by atoms with Crippen molar-refractivity contribution in [3.63, 3.8) is 0 Å². The van der Waals surface area contributed by atoms with E-state index in [4.69, 9.17) is 16.4 Å². The number of hydrogen-bond donors (Lipinski definition) is 0. The molecule has 116 valence electrons. The Morgan fingerprint density at radius 2 is 2.09 bits per heavy atom. The van der Waals surface area contributed by atoms with Crippen LogP contribution in [0, 0.1) is 0 Å². The second-order valence-electron chi connectivity index (χ2n) is 4.41. The first-order valence-electron chi connectivity index (χ1n) is 6.16. The molecule has 1 aromatic rings. The zero-order valence-corrected chi connectivity index (χ0v) is 14.1. The van der Waals surface area contributed by atoms with Crippen molar-refractivity contribution in [2.75, 3.05) is 12.8 Å². The first-order valence-corrected chi connectivity index (χ1v) is 9.20. The maximum Gasteiger partial charge on any atom is 0.306 e. The summed E-state index contributed by atoms with van der Waals surface area (Å²) in [7, 11) is -3.65. The van der Waals surface area contributed by atoms with Crippen LogP contribution in [0.15, 0.2) is 41.8 Å². The second kappa shape index (κ2) is 6.64. The van der Waals surface area contributed by atoms with Crippen molar-refractivity contribution in [1.29, 1.82) is 0 Å². The van der Waals surface area contributed by atoms with Crippen molar-refractivity contribution < 1.29 is 17.4 Å². The Labute approximate surface area is 138 Å². The molecule has 1 aromatic carbocycles. The summed E-state index contributed by atoms with van der Waals surface area (Å²) >= 11 is 6.31. The molecule has 1 aliphatic rings. The van der Waals surface area contributed by atoms with Crippen LogP contribution in [-0.4, -0.2) is 36.3 Å². The van der Waals surface area contributed by atoms with E-state index in [9.17, 15) is 13.2 Å². The minimum Gasteiger partial charge on any atom is -0.382 e. The number of carbonyl (C=O) groups excluding carboxylic acids is 1. The topological polar surface area (TPSA) is 63.7 Å². The molecule has 8 heteroatoms. The number of thioether (sulfide) groups is 1. The Balaban J connectivity index is 2.36. The number of para-hydroxylation sites is 1. The van der Waals surface area contributed by atoms with Crippen molar-refractivity contribution in [1.82, 2.24) is 4.90 Å². The highest BCUT2D eigenvalue weighted by Crippen LogP contribution is 2.34. The van der Waals surface area contributed by atoms with Gasteiger partial charge in [0.2, 0.25) is 0 Å². The van der Waals surface area contributed by atoms with Crippen LogP contribution in [0.1, 0.15) is 5.56 Å². The van der Waals surface area contributed by atoms with Gasteiger partial charge in [-0.25, -0.2) is 0 Å². The number of amides is 1. The van der Waals surface area contributed by atoms with Gasteiger partial charge in [-0.15, -0.1) is 6.58 Å². The highest BCUT2D eigenvalue weighted by atomic mass is 32.2. The van der Waals surface area contributed by atoms with E-state index >= 15 is 0 Å². The zero-order valence-electron chi connectivity index (χ0n) is 11.7. The van der Waals surface area contributed by atoms with E-state index in [2.05, 4.69) is 6.58 Å². The molecule has 5 nitrogen and oxygen atoms in total. The van der Waals surface area contributed by atoms with Gasteiger partial charge in [0.05, 0.1) is 11.2 Å². The third-order valence-corrected chi connectivity index (χ3v) is 4.49. The van der Waals surface area contributed by atoms with Crippen LogP contribution < -0.4 is 4.18 Å². The SMILES string of the molecule is C=CCN1C(=O)/C(=C/c2ccccc2OS(C)(=O)=O)SC1=S. The molecular formula is C14H13NO4S3. The van der Waals surface area contributed by atoms with E-state index in [1.807, 2.05) is 0 Å². The Bertz CT molecular complexity index is 768. The van der Waals surface area contributed by atoms with Crippen LogP contribution in [0.25, 0.3) is 6.08 Å². The molecule has 0 aromatic heterocycles. The summed E-state index contributed by atoms with van der Waals surface area (Å²) < 4.78 is 27.9. The molecule has 22 heavy (non-hydrogen) atoms. The summed E-state index contributed by atoms with van der Waals surface area (Å²) in [4.78, 5) is 14.1. The maximum absolute atomic E-state index is 12.2. The summed E-state index contributed by atoms with van der Waals surface area (Å²) in [5, 5.41) is 0. The molecule has 0 N–H and O–H groups in total. The molecule has 1 fully saturated rings. The van der Waals surface area contributed by atoms with Gasteiger partial charge in [-0.05, 0) is 12.1 Å². The standard InChI is InChI=1S/C14H13NO4S3/c1-3-8-15-13(16)12(21-14(15)20)9-10-6-4-5-7-11(10)19-22(2,17)18/h3-7,9H,1,8H2,2H3/b12-9-. The van der Waals surface area contributed by atoms with Gasteiger partial charge in [-0.2, -0.15) is 8.42 Å². The fourth-order valence-electron chi connectivity index (χ4n) is 1.77. The van der Waals surface area contributed by atoms with Crippen LogP contribution in [0.2, 0.25) is 0 Å². The first-order chi connectivity index (χ1) is 10.3. The van der Waals surface area contributed by atoms with Gasteiger partial charge in [0.25, 0.3) is 5.91 Å². The Hall–Kier alpha value is -1.64. The van der Waals surface area contributed by atoms with Crippen molar-refractivity contribution in [3.05, 3.63) is 47.4 Å². The smallest absolute Gasteiger partial charge is 0.306 e. The Kier molecular flexibility index (Phi) is 5.05. The van der Waals surface area contributed by atoms with Crippen LogP contribution in [-0.2, 0) is 14.9 Å². The third kappa shape index (κ3) is 3.96. The third-order valence-electron chi connectivity index (χ3n) is 2.63. The van der Waals surface area contributed by atoms with E-state index in [1.165, 1.54) is 11.0 Å². The average Bonchev–Trinajstić information content (AvgIpc) is 2.68. The van der Waals surface area contributed by atoms with E-state index < -0.39 is 10.1 Å². The molecule has 0 spiro atoms. The lowest BCUT2D eigenvalue weighted by atomic mass is 10.2. The fraction of sp³-hybridized carbons (Fsp3) is 0.143. The Morgan fingerprint density at radius 1 is 1.41 bits per heavy atom. The summed E-state index contributed by atoms with van der Waals surface area (Å²) in [6.07, 6.45) is 4.13. The van der Waals surface area contributed by atoms with Gasteiger partial charge < -0.3 is 4.18 Å². The van der Waals surface area contributed by atoms with Gasteiger partial charge >= 0.3 is 10.1 Å². The second-order valence-corrected chi connectivity index (χ2v) is 7.66. The summed E-state index contributed by atoms with van der Waals surface area (Å²) in [5.41, 5.74) is 0.493. The highest BCUT2D eigenvalue weighted by Gasteiger charge is 2.31. The molecule has 1 heterocycles. The average molecular weight is 355 g/mol. The van der Waals surface area contributed by atoms with Gasteiger partial charge in [0.15, 0.2) is 0 Å². The summed E-state index contributed by atoms with van der Waals surface area (Å²) in [6, 6.07) is 6.57. The number of carbonyl (C=O) groups is 1. The van der Waals surface area contributed by atoms with Gasteiger partial charge in [-0.3, -0.25) is 9.69 Å². The van der Waals surface area contributed by atoms with Crippen molar-refractivity contribution >= 4 is 50.4 Å². The predicted molar refractivity (Wildman–Crippen MR) is 92.0 cm³/mol. The van der Waals surface area contributed by atoms with Crippen LogP contribution in [0.5, 0.6) is 5.75 Å². The van der Waals surface area contributed by atoms with Crippen LogP contribution >= 0.6 is 24.0 Å². The van der Waals surface area contributed by atoms with Crippen molar-refractivity contribution in [3.8, 4) is 5.75 Å². The molecule has 0 radical (unpaired) electrons. The molecule has 0 aliphatic carbocycles. The lowest BCUT2D eigenvalue weighted by Crippen LogP contribution is -2.27. The molecule has 0 bridgehead atoms. The number of nitrogens with zero attached hydrogens (tertiary/aromatic N) is 1. The molecule has 0 atom stereocenters. The van der Waals surface area contributed by atoms with E-state index in [-0.39, 0.29) is 11.7 Å². The largest absolute Gasteiger partial charge is 0.382 e. The lowest BCUT2D eigenvalue weighted by Gasteiger charge is -2.10.